The molecule has 1 aromatic carbocycles. The number of H-pyrrole nitrogens is 1. The molecule has 0 saturated carbocycles. The first-order valence-corrected chi connectivity index (χ1v) is 4.76. The van der Waals surface area contributed by atoms with Gasteiger partial charge < -0.3 is 5.32 Å². The van der Waals surface area contributed by atoms with Crippen LogP contribution in [0.4, 0.5) is 5.69 Å². The molecule has 3 rings (SSSR count). The van der Waals surface area contributed by atoms with Crippen LogP contribution in [-0.2, 0) is 13.0 Å². The van der Waals surface area contributed by atoms with Crippen molar-refractivity contribution >= 4 is 5.69 Å². The smallest absolute Gasteiger partial charge is 0.0540 e. The van der Waals surface area contributed by atoms with Gasteiger partial charge in [-0.1, -0.05) is 18.2 Å². The molecular formula is C11H11N3. The van der Waals surface area contributed by atoms with E-state index in [1.165, 1.54) is 22.5 Å². The van der Waals surface area contributed by atoms with Crippen molar-refractivity contribution < 1.29 is 0 Å². The number of fused-ring (bicyclic) bond motifs is 2. The number of hydrogen-bond acceptors (Lipinski definition) is 2. The van der Waals surface area contributed by atoms with Crippen LogP contribution in [0.25, 0.3) is 0 Å². The van der Waals surface area contributed by atoms with E-state index in [9.17, 15) is 0 Å². The quantitative estimate of drug-likeness (QED) is 0.658. The number of nitrogens with one attached hydrogen (secondary N) is 2. The lowest BCUT2D eigenvalue weighted by atomic mass is 10.1. The van der Waals surface area contributed by atoms with Crippen LogP contribution in [0.15, 0.2) is 30.5 Å². The molecule has 0 unspecified atom stereocenters. The molecule has 0 aliphatic carbocycles. The van der Waals surface area contributed by atoms with Gasteiger partial charge in [0.1, 0.15) is 0 Å². The number of para-hydroxylation sites is 1. The summed E-state index contributed by atoms with van der Waals surface area (Å²) in [7, 11) is 0. The number of aromatic amines is 1. The minimum atomic E-state index is 0.864. The van der Waals surface area contributed by atoms with Gasteiger partial charge in [0.05, 0.1) is 6.20 Å². The Balaban J connectivity index is 2.10. The molecule has 14 heavy (non-hydrogen) atoms. The number of anilines is 1. The molecule has 1 aliphatic heterocycles. The molecule has 0 amide bonds. The summed E-state index contributed by atoms with van der Waals surface area (Å²) in [4.78, 5) is 0. The molecule has 0 radical (unpaired) electrons. The van der Waals surface area contributed by atoms with Crippen LogP contribution in [0.3, 0.4) is 0 Å². The van der Waals surface area contributed by atoms with Crippen molar-refractivity contribution in [3.8, 4) is 0 Å². The Labute approximate surface area is 82.2 Å². The fourth-order valence-electron chi connectivity index (χ4n) is 1.87. The van der Waals surface area contributed by atoms with Crippen LogP contribution >= 0.6 is 0 Å². The predicted molar refractivity (Wildman–Crippen MR) is 55.2 cm³/mol. The second-order valence-corrected chi connectivity index (χ2v) is 3.56. The highest BCUT2D eigenvalue weighted by molar-refractivity contribution is 5.54. The van der Waals surface area contributed by atoms with Crippen LogP contribution in [0.5, 0.6) is 0 Å². The van der Waals surface area contributed by atoms with Gasteiger partial charge in [0, 0.05) is 29.9 Å². The molecule has 0 saturated heterocycles. The molecule has 2 aromatic rings. The maximum Gasteiger partial charge on any atom is 0.0540 e. The standard InChI is InChI=1S/C11H11N3/c1-2-4-10-8(3-1)5-11-9(6-12-10)7-13-14-11/h1-4,7,12H,5-6H2,(H,13,14). The highest BCUT2D eigenvalue weighted by Gasteiger charge is 2.12. The third-order valence-electron chi connectivity index (χ3n) is 2.66. The zero-order valence-corrected chi connectivity index (χ0v) is 7.75. The van der Waals surface area contributed by atoms with Crippen molar-refractivity contribution in [2.45, 2.75) is 13.0 Å². The summed E-state index contributed by atoms with van der Waals surface area (Å²) < 4.78 is 0. The lowest BCUT2D eigenvalue weighted by Crippen LogP contribution is -1.97. The minimum Gasteiger partial charge on any atom is -0.381 e. The maximum absolute atomic E-state index is 4.05. The van der Waals surface area contributed by atoms with E-state index >= 15 is 0 Å². The minimum absolute atomic E-state index is 0.864. The Morgan fingerprint density at radius 3 is 3.07 bits per heavy atom. The summed E-state index contributed by atoms with van der Waals surface area (Å²) >= 11 is 0. The fraction of sp³-hybridized carbons (Fsp3) is 0.182. The van der Waals surface area contributed by atoms with Gasteiger partial charge in [0.2, 0.25) is 0 Å². The second-order valence-electron chi connectivity index (χ2n) is 3.56. The zero-order valence-electron chi connectivity index (χ0n) is 7.75. The third kappa shape index (κ3) is 1.09. The lowest BCUT2D eigenvalue weighted by Gasteiger charge is -2.05. The fourth-order valence-corrected chi connectivity index (χ4v) is 1.87. The Morgan fingerprint density at radius 1 is 1.14 bits per heavy atom. The van der Waals surface area contributed by atoms with E-state index in [1.807, 2.05) is 6.20 Å². The van der Waals surface area contributed by atoms with Gasteiger partial charge in [-0.3, -0.25) is 5.10 Å². The first kappa shape index (κ1) is 7.62. The average Bonchev–Trinajstić information content (AvgIpc) is 2.58. The summed E-state index contributed by atoms with van der Waals surface area (Å²) in [5, 5.41) is 10.5. The number of nitrogens with zero attached hydrogens (tertiary/aromatic N) is 1. The predicted octanol–water partition coefficient (Wildman–Crippen LogP) is 1.93. The molecule has 1 aromatic heterocycles. The SMILES string of the molecule is c1ccc2c(c1)Cc1[nH]ncc1CN2. The molecule has 3 nitrogen and oxygen atoms in total. The number of aromatic nitrogens is 2. The molecule has 2 N–H and O–H groups in total. The van der Waals surface area contributed by atoms with Crippen LogP contribution in [0, 0.1) is 0 Å². The first-order valence-electron chi connectivity index (χ1n) is 4.76. The number of rotatable bonds is 0. The Kier molecular flexibility index (Phi) is 1.56. The Morgan fingerprint density at radius 2 is 2.07 bits per heavy atom. The largest absolute Gasteiger partial charge is 0.381 e. The van der Waals surface area contributed by atoms with Crippen molar-refractivity contribution in [3.63, 3.8) is 0 Å². The van der Waals surface area contributed by atoms with Gasteiger partial charge in [-0.2, -0.15) is 5.10 Å². The second kappa shape index (κ2) is 2.87. The highest BCUT2D eigenvalue weighted by Crippen LogP contribution is 2.24. The van der Waals surface area contributed by atoms with Crippen molar-refractivity contribution in [2.75, 3.05) is 5.32 Å². The zero-order chi connectivity index (χ0) is 9.38. The van der Waals surface area contributed by atoms with E-state index in [1.54, 1.807) is 0 Å². The highest BCUT2D eigenvalue weighted by atomic mass is 15.1. The van der Waals surface area contributed by atoms with Crippen LogP contribution in [-0.4, -0.2) is 10.2 Å². The molecule has 70 valence electrons. The lowest BCUT2D eigenvalue weighted by molar-refractivity contribution is 0.995. The summed E-state index contributed by atoms with van der Waals surface area (Å²) in [6.07, 6.45) is 2.84. The monoisotopic (exact) mass is 185 g/mol. The average molecular weight is 185 g/mol. The van der Waals surface area contributed by atoms with Gasteiger partial charge in [0.15, 0.2) is 0 Å². The van der Waals surface area contributed by atoms with Gasteiger partial charge in [0.25, 0.3) is 0 Å². The normalized spacial score (nSPS) is 13.7. The first-order chi connectivity index (χ1) is 6.93. The number of hydrogen-bond donors (Lipinski definition) is 2. The summed E-state index contributed by atoms with van der Waals surface area (Å²) in [5.74, 6) is 0. The van der Waals surface area contributed by atoms with E-state index < -0.39 is 0 Å². The van der Waals surface area contributed by atoms with E-state index in [0.29, 0.717) is 0 Å². The van der Waals surface area contributed by atoms with E-state index in [4.69, 9.17) is 0 Å². The van der Waals surface area contributed by atoms with Crippen molar-refractivity contribution in [3.05, 3.63) is 47.3 Å². The molecule has 1 aliphatic rings. The summed E-state index contributed by atoms with van der Waals surface area (Å²) in [6, 6.07) is 8.40. The summed E-state index contributed by atoms with van der Waals surface area (Å²) in [5.41, 5.74) is 5.05. The van der Waals surface area contributed by atoms with Gasteiger partial charge in [-0.15, -0.1) is 0 Å². The molecule has 0 fully saturated rings. The van der Waals surface area contributed by atoms with E-state index in [0.717, 1.165) is 13.0 Å². The molecule has 2 heterocycles. The van der Waals surface area contributed by atoms with Gasteiger partial charge >= 0.3 is 0 Å². The van der Waals surface area contributed by atoms with Crippen LogP contribution in [0.1, 0.15) is 16.8 Å². The van der Waals surface area contributed by atoms with Gasteiger partial charge in [-0.05, 0) is 11.6 Å². The van der Waals surface area contributed by atoms with Crippen LogP contribution < -0.4 is 5.32 Å². The topological polar surface area (TPSA) is 40.7 Å². The molecule has 0 atom stereocenters. The van der Waals surface area contributed by atoms with Crippen LogP contribution in [0.2, 0.25) is 0 Å². The van der Waals surface area contributed by atoms with Crippen molar-refractivity contribution in [2.24, 2.45) is 0 Å². The molecule has 3 heteroatoms. The van der Waals surface area contributed by atoms with Crippen molar-refractivity contribution in [1.82, 2.24) is 10.2 Å². The number of benzene rings is 1. The Bertz CT molecular complexity index is 459. The molecular weight excluding hydrogens is 174 g/mol. The van der Waals surface area contributed by atoms with Crippen molar-refractivity contribution in [1.29, 1.82) is 0 Å². The third-order valence-corrected chi connectivity index (χ3v) is 2.66. The van der Waals surface area contributed by atoms with E-state index in [-0.39, 0.29) is 0 Å². The van der Waals surface area contributed by atoms with Gasteiger partial charge in [-0.25, -0.2) is 0 Å². The molecule has 0 spiro atoms. The Hall–Kier alpha value is -1.77. The van der Waals surface area contributed by atoms with E-state index in [2.05, 4.69) is 39.8 Å². The maximum atomic E-state index is 4.05. The molecule has 0 bridgehead atoms. The summed E-state index contributed by atoms with van der Waals surface area (Å²) in [6.45, 7) is 0.864.